The molecule has 1 N–H and O–H groups in total. The number of halogens is 1. The molecular formula is C17H23BrN2O4. The predicted octanol–water partition coefficient (Wildman–Crippen LogP) is 3.20. The second kappa shape index (κ2) is 7.42. The van der Waals surface area contributed by atoms with Crippen molar-refractivity contribution in [3.8, 4) is 5.75 Å². The molecule has 0 saturated carbocycles. The first-order valence-corrected chi connectivity index (χ1v) is 8.62. The molecule has 6 nitrogen and oxygen atoms in total. The Morgan fingerprint density at radius 2 is 2.04 bits per heavy atom. The van der Waals surface area contributed by atoms with Crippen LogP contribution in [0.3, 0.4) is 0 Å². The van der Waals surface area contributed by atoms with Crippen LogP contribution in [0.1, 0.15) is 37.6 Å². The van der Waals surface area contributed by atoms with Gasteiger partial charge in [-0.2, -0.15) is 0 Å². The monoisotopic (exact) mass is 398 g/mol. The van der Waals surface area contributed by atoms with Gasteiger partial charge < -0.3 is 19.7 Å². The van der Waals surface area contributed by atoms with Crippen molar-refractivity contribution in [2.24, 2.45) is 0 Å². The number of carbonyl (C=O) groups is 2. The number of benzene rings is 1. The number of ether oxygens (including phenoxy) is 2. The molecule has 1 aliphatic heterocycles. The van der Waals surface area contributed by atoms with Crippen LogP contribution >= 0.6 is 15.9 Å². The largest absolute Gasteiger partial charge is 0.496 e. The number of nitrogens with zero attached hydrogens (tertiary/aromatic N) is 1. The van der Waals surface area contributed by atoms with Gasteiger partial charge in [-0.05, 0) is 55.3 Å². The van der Waals surface area contributed by atoms with Crippen LogP contribution in [0.5, 0.6) is 5.75 Å². The van der Waals surface area contributed by atoms with Crippen LogP contribution in [0, 0.1) is 0 Å². The van der Waals surface area contributed by atoms with Crippen molar-refractivity contribution >= 4 is 27.9 Å². The van der Waals surface area contributed by atoms with E-state index in [4.69, 9.17) is 9.47 Å². The number of hydrogen-bond donors (Lipinski definition) is 1. The van der Waals surface area contributed by atoms with Crippen molar-refractivity contribution in [2.45, 2.75) is 38.8 Å². The van der Waals surface area contributed by atoms with Gasteiger partial charge in [0, 0.05) is 13.1 Å². The third-order valence-electron chi connectivity index (χ3n) is 3.61. The van der Waals surface area contributed by atoms with Crippen molar-refractivity contribution in [2.75, 3.05) is 20.2 Å². The Bertz CT molecular complexity index is 628. The van der Waals surface area contributed by atoms with E-state index in [9.17, 15) is 9.59 Å². The van der Waals surface area contributed by atoms with Crippen molar-refractivity contribution in [1.82, 2.24) is 10.2 Å². The predicted molar refractivity (Wildman–Crippen MR) is 94.4 cm³/mol. The lowest BCUT2D eigenvalue weighted by Crippen LogP contribution is -2.41. The van der Waals surface area contributed by atoms with Gasteiger partial charge in [0.25, 0.3) is 5.91 Å². The van der Waals surface area contributed by atoms with Crippen LogP contribution in [-0.4, -0.2) is 48.7 Å². The third-order valence-corrected chi connectivity index (χ3v) is 4.43. The van der Waals surface area contributed by atoms with Crippen LogP contribution in [0.4, 0.5) is 4.79 Å². The van der Waals surface area contributed by atoms with Gasteiger partial charge in [0.2, 0.25) is 0 Å². The van der Waals surface area contributed by atoms with Crippen LogP contribution in [0.15, 0.2) is 22.7 Å². The summed E-state index contributed by atoms with van der Waals surface area (Å²) in [7, 11) is 1.56. The Kier molecular flexibility index (Phi) is 5.74. The molecule has 0 aliphatic carbocycles. The fraction of sp³-hybridized carbons (Fsp3) is 0.529. The van der Waals surface area contributed by atoms with Gasteiger partial charge in [-0.25, -0.2) is 4.79 Å². The average molecular weight is 399 g/mol. The third kappa shape index (κ3) is 4.63. The van der Waals surface area contributed by atoms with Gasteiger partial charge in [-0.1, -0.05) is 6.07 Å². The van der Waals surface area contributed by atoms with Crippen LogP contribution in [0.2, 0.25) is 0 Å². The zero-order valence-electron chi connectivity index (χ0n) is 14.4. The molecule has 1 fully saturated rings. The van der Waals surface area contributed by atoms with Gasteiger partial charge >= 0.3 is 6.09 Å². The highest BCUT2D eigenvalue weighted by Crippen LogP contribution is 2.29. The fourth-order valence-corrected chi connectivity index (χ4v) is 3.14. The van der Waals surface area contributed by atoms with Gasteiger partial charge in [0.1, 0.15) is 11.4 Å². The molecule has 0 bridgehead atoms. The first-order chi connectivity index (χ1) is 11.2. The molecule has 1 atom stereocenters. The second-order valence-electron chi connectivity index (χ2n) is 6.70. The summed E-state index contributed by atoms with van der Waals surface area (Å²) in [5, 5.41) is 2.82. The Hall–Kier alpha value is -1.76. The fourth-order valence-electron chi connectivity index (χ4n) is 2.54. The highest BCUT2D eigenvalue weighted by atomic mass is 79.9. The minimum absolute atomic E-state index is 0.0886. The van der Waals surface area contributed by atoms with Crippen LogP contribution in [0.25, 0.3) is 0 Å². The summed E-state index contributed by atoms with van der Waals surface area (Å²) in [5.74, 6) is 0.526. The molecule has 0 spiro atoms. The zero-order chi connectivity index (χ0) is 17.9. The Morgan fingerprint density at radius 1 is 1.33 bits per heavy atom. The van der Waals surface area contributed by atoms with Crippen molar-refractivity contribution in [1.29, 1.82) is 0 Å². The summed E-state index contributed by atoms with van der Waals surface area (Å²) >= 11 is 3.42. The second-order valence-corrected chi connectivity index (χ2v) is 7.50. The molecule has 1 aromatic rings. The summed E-state index contributed by atoms with van der Waals surface area (Å²) in [6.07, 6.45) is 0.247. The molecule has 7 heteroatoms. The number of methoxy groups -OCH3 is 1. The average Bonchev–Trinajstić information content (AvgIpc) is 2.93. The number of amides is 2. The first-order valence-electron chi connectivity index (χ1n) is 7.82. The number of nitrogens with one attached hydrogen (secondary N) is 1. The Balaban J connectivity index is 1.98. The summed E-state index contributed by atoms with van der Waals surface area (Å²) in [4.78, 5) is 26.3. The summed E-state index contributed by atoms with van der Waals surface area (Å²) in [6, 6.07) is 5.22. The van der Waals surface area contributed by atoms with E-state index in [2.05, 4.69) is 21.2 Å². The molecular weight excluding hydrogens is 376 g/mol. The van der Waals surface area contributed by atoms with Gasteiger partial charge in [-0.15, -0.1) is 0 Å². The molecule has 2 amide bonds. The van der Waals surface area contributed by atoms with Gasteiger partial charge in [-0.3, -0.25) is 4.79 Å². The van der Waals surface area contributed by atoms with E-state index in [0.717, 1.165) is 0 Å². The van der Waals surface area contributed by atoms with E-state index in [0.29, 0.717) is 35.3 Å². The summed E-state index contributed by atoms with van der Waals surface area (Å²) in [6.45, 7) is 6.50. The lowest BCUT2D eigenvalue weighted by atomic mass is 10.2. The van der Waals surface area contributed by atoms with Gasteiger partial charge in [0.05, 0.1) is 23.2 Å². The number of likely N-dealkylation sites (tertiary alicyclic amines) is 1. The normalized spacial score (nSPS) is 17.5. The van der Waals surface area contributed by atoms with Crippen molar-refractivity contribution in [3.05, 3.63) is 28.2 Å². The van der Waals surface area contributed by atoms with Crippen molar-refractivity contribution in [3.63, 3.8) is 0 Å². The highest BCUT2D eigenvalue weighted by molar-refractivity contribution is 9.10. The lowest BCUT2D eigenvalue weighted by molar-refractivity contribution is 0.0502. The number of carbonyl (C=O) groups excluding carboxylic acids is 2. The quantitative estimate of drug-likeness (QED) is 0.848. The van der Waals surface area contributed by atoms with E-state index in [1.807, 2.05) is 20.8 Å². The van der Waals surface area contributed by atoms with Gasteiger partial charge in [0.15, 0.2) is 0 Å². The molecule has 1 aromatic carbocycles. The Morgan fingerprint density at radius 3 is 2.67 bits per heavy atom. The maximum absolute atomic E-state index is 12.7. The lowest BCUT2D eigenvalue weighted by Gasteiger charge is -2.22. The topological polar surface area (TPSA) is 67.9 Å². The first kappa shape index (κ1) is 18.6. The van der Waals surface area contributed by atoms with E-state index in [-0.39, 0.29) is 11.9 Å². The molecule has 0 radical (unpaired) electrons. The smallest absolute Gasteiger partial charge is 0.407 e. The van der Waals surface area contributed by atoms with Crippen molar-refractivity contribution < 1.29 is 19.1 Å². The molecule has 1 saturated heterocycles. The minimum Gasteiger partial charge on any atom is -0.496 e. The van der Waals surface area contributed by atoms with E-state index in [1.54, 1.807) is 30.2 Å². The van der Waals surface area contributed by atoms with E-state index < -0.39 is 11.7 Å². The number of rotatable bonds is 3. The maximum atomic E-state index is 12.7. The SMILES string of the molecule is COc1cccc(C(=O)N2CCC(NC(=O)OC(C)(C)C)C2)c1Br. The molecule has 1 heterocycles. The number of hydrogen-bond acceptors (Lipinski definition) is 4. The molecule has 2 rings (SSSR count). The molecule has 1 unspecified atom stereocenters. The van der Waals surface area contributed by atoms with E-state index >= 15 is 0 Å². The highest BCUT2D eigenvalue weighted by Gasteiger charge is 2.30. The molecule has 0 aromatic heterocycles. The van der Waals surface area contributed by atoms with E-state index in [1.165, 1.54) is 0 Å². The Labute approximate surface area is 150 Å². The number of alkyl carbamates (subject to hydrolysis) is 1. The minimum atomic E-state index is -0.538. The van der Waals surface area contributed by atoms with Crippen LogP contribution in [-0.2, 0) is 4.74 Å². The molecule has 132 valence electrons. The zero-order valence-corrected chi connectivity index (χ0v) is 16.0. The molecule has 24 heavy (non-hydrogen) atoms. The van der Waals surface area contributed by atoms with Crippen LogP contribution < -0.4 is 10.1 Å². The maximum Gasteiger partial charge on any atom is 0.407 e. The summed E-state index contributed by atoms with van der Waals surface area (Å²) in [5.41, 5.74) is 0.0104. The summed E-state index contributed by atoms with van der Waals surface area (Å²) < 4.78 is 11.1. The standard InChI is InChI=1S/C17H23BrN2O4/c1-17(2,3)24-16(22)19-11-8-9-20(10-11)15(21)12-6-5-7-13(23-4)14(12)18/h5-7,11H,8-10H2,1-4H3,(H,19,22). The molecule has 1 aliphatic rings.